The van der Waals surface area contributed by atoms with E-state index in [0.717, 1.165) is 17.5 Å². The van der Waals surface area contributed by atoms with E-state index in [0.29, 0.717) is 18.8 Å². The molecule has 0 saturated carbocycles. The Bertz CT molecular complexity index is 956. The highest BCUT2D eigenvalue weighted by Crippen LogP contribution is 2.25. The Labute approximate surface area is 171 Å². The fraction of sp³-hybridized carbons (Fsp3) is 0.208. The molecule has 0 aliphatic heterocycles. The van der Waals surface area contributed by atoms with E-state index in [-0.39, 0.29) is 11.9 Å². The summed E-state index contributed by atoms with van der Waals surface area (Å²) in [4.78, 5) is 12.2. The molecule has 150 valence electrons. The van der Waals surface area contributed by atoms with Gasteiger partial charge in [-0.05, 0) is 54.8 Å². The van der Waals surface area contributed by atoms with Gasteiger partial charge in [0.1, 0.15) is 5.82 Å². The maximum Gasteiger partial charge on any atom is 0.319 e. The highest BCUT2D eigenvalue weighted by Gasteiger charge is 2.13. The smallest absolute Gasteiger partial charge is 0.319 e. The Morgan fingerprint density at radius 2 is 1.76 bits per heavy atom. The Morgan fingerprint density at radius 1 is 1.00 bits per heavy atom. The van der Waals surface area contributed by atoms with Gasteiger partial charge in [-0.3, -0.25) is 0 Å². The lowest BCUT2D eigenvalue weighted by Crippen LogP contribution is -2.33. The molecule has 0 aliphatic carbocycles. The van der Waals surface area contributed by atoms with Crippen LogP contribution in [-0.2, 0) is 0 Å². The highest BCUT2D eigenvalue weighted by atomic mass is 19.1. The van der Waals surface area contributed by atoms with Crippen LogP contribution in [0.2, 0.25) is 0 Å². The second-order valence-corrected chi connectivity index (χ2v) is 7.11. The first kappa shape index (κ1) is 20.6. The molecule has 0 aromatic heterocycles. The van der Waals surface area contributed by atoms with Gasteiger partial charge >= 0.3 is 6.03 Å². The van der Waals surface area contributed by atoms with E-state index >= 15 is 0 Å². The summed E-state index contributed by atoms with van der Waals surface area (Å²) in [6.45, 7) is 3.05. The second-order valence-electron chi connectivity index (χ2n) is 7.11. The van der Waals surface area contributed by atoms with Gasteiger partial charge in [-0.1, -0.05) is 60.2 Å². The van der Waals surface area contributed by atoms with Gasteiger partial charge in [-0.2, -0.15) is 0 Å². The van der Waals surface area contributed by atoms with Crippen molar-refractivity contribution in [2.24, 2.45) is 5.73 Å². The lowest BCUT2D eigenvalue weighted by atomic mass is 9.93. The Kier molecular flexibility index (Phi) is 6.98. The van der Waals surface area contributed by atoms with Crippen LogP contribution in [0.3, 0.4) is 0 Å². The molecule has 0 radical (unpaired) electrons. The molecule has 4 nitrogen and oxygen atoms in total. The number of carbonyl (C=O) groups excluding carboxylic acids is 1. The lowest BCUT2D eigenvalue weighted by molar-refractivity contribution is 0.251. The first-order chi connectivity index (χ1) is 14.0. The van der Waals surface area contributed by atoms with E-state index in [9.17, 15) is 9.18 Å². The molecule has 0 spiro atoms. The van der Waals surface area contributed by atoms with Crippen molar-refractivity contribution in [3.05, 3.63) is 89.7 Å². The zero-order valence-electron chi connectivity index (χ0n) is 16.5. The number of hydrogen-bond acceptors (Lipinski definition) is 2. The molecule has 29 heavy (non-hydrogen) atoms. The fourth-order valence-corrected chi connectivity index (χ4v) is 3.32. The summed E-state index contributed by atoms with van der Waals surface area (Å²) < 4.78 is 13.2. The van der Waals surface area contributed by atoms with Crippen molar-refractivity contribution in [1.29, 1.82) is 0 Å². The summed E-state index contributed by atoms with van der Waals surface area (Å²) in [5.41, 5.74) is 10.9. The van der Waals surface area contributed by atoms with Crippen LogP contribution >= 0.6 is 0 Å². The maximum absolute atomic E-state index is 13.2. The molecular formula is C24H26FN3O. The van der Waals surface area contributed by atoms with Crippen LogP contribution in [0.15, 0.2) is 72.8 Å². The average Bonchev–Trinajstić information content (AvgIpc) is 2.71. The molecule has 5 heteroatoms. The third-order valence-corrected chi connectivity index (χ3v) is 4.84. The van der Waals surface area contributed by atoms with Crippen molar-refractivity contribution in [2.45, 2.75) is 19.3 Å². The summed E-state index contributed by atoms with van der Waals surface area (Å²) in [5.74, 6) is -0.290. The van der Waals surface area contributed by atoms with Crippen molar-refractivity contribution in [3.8, 4) is 11.1 Å². The number of hydrogen-bond donors (Lipinski definition) is 3. The topological polar surface area (TPSA) is 67.1 Å². The van der Waals surface area contributed by atoms with Crippen LogP contribution in [0.1, 0.15) is 23.5 Å². The van der Waals surface area contributed by atoms with Crippen LogP contribution in [-0.4, -0.2) is 19.1 Å². The van der Waals surface area contributed by atoms with Crippen molar-refractivity contribution in [2.75, 3.05) is 18.4 Å². The van der Waals surface area contributed by atoms with Gasteiger partial charge in [0.2, 0.25) is 0 Å². The standard InChI is InChI=1S/C24H26FN3O/c1-17-4-2-5-20(14-17)18-8-10-19(11-9-18)21(12-13-26)16-27-24(29)28-23-7-3-6-22(25)15-23/h2-11,14-15,21H,12-13,16,26H2,1H3,(H2,27,28,29). The van der Waals surface area contributed by atoms with E-state index in [4.69, 9.17) is 5.73 Å². The summed E-state index contributed by atoms with van der Waals surface area (Å²) in [7, 11) is 0. The maximum atomic E-state index is 13.2. The summed E-state index contributed by atoms with van der Waals surface area (Å²) in [6, 6.07) is 22.2. The molecule has 0 heterocycles. The zero-order valence-corrected chi connectivity index (χ0v) is 16.5. The van der Waals surface area contributed by atoms with Crippen LogP contribution in [0.5, 0.6) is 0 Å². The number of aryl methyl sites for hydroxylation is 1. The molecule has 0 bridgehead atoms. The molecule has 3 aromatic carbocycles. The highest BCUT2D eigenvalue weighted by molar-refractivity contribution is 5.89. The van der Waals surface area contributed by atoms with Crippen molar-refractivity contribution < 1.29 is 9.18 Å². The first-order valence-electron chi connectivity index (χ1n) is 9.72. The Morgan fingerprint density at radius 3 is 2.45 bits per heavy atom. The minimum absolute atomic E-state index is 0.102. The number of amides is 2. The van der Waals surface area contributed by atoms with Gasteiger partial charge in [0, 0.05) is 18.2 Å². The van der Waals surface area contributed by atoms with Gasteiger partial charge in [-0.25, -0.2) is 9.18 Å². The van der Waals surface area contributed by atoms with Crippen LogP contribution in [0, 0.1) is 12.7 Å². The van der Waals surface area contributed by atoms with Gasteiger partial charge in [0.15, 0.2) is 0 Å². The van der Waals surface area contributed by atoms with E-state index in [1.165, 1.54) is 23.3 Å². The van der Waals surface area contributed by atoms with Crippen molar-refractivity contribution >= 4 is 11.7 Å². The van der Waals surface area contributed by atoms with Gasteiger partial charge in [0.05, 0.1) is 0 Å². The summed E-state index contributed by atoms with van der Waals surface area (Å²) >= 11 is 0. The van der Waals surface area contributed by atoms with Crippen LogP contribution < -0.4 is 16.4 Å². The lowest BCUT2D eigenvalue weighted by Gasteiger charge is -2.18. The fourth-order valence-electron chi connectivity index (χ4n) is 3.32. The van der Waals surface area contributed by atoms with Gasteiger partial charge in [0.25, 0.3) is 0 Å². The number of halogens is 1. The second kappa shape index (κ2) is 9.85. The average molecular weight is 391 g/mol. The molecular weight excluding hydrogens is 365 g/mol. The molecule has 3 rings (SSSR count). The first-order valence-corrected chi connectivity index (χ1v) is 9.72. The molecule has 3 aromatic rings. The number of benzene rings is 3. The molecule has 0 aliphatic rings. The number of anilines is 1. The zero-order chi connectivity index (χ0) is 20.6. The molecule has 0 fully saturated rings. The normalized spacial score (nSPS) is 11.7. The van der Waals surface area contributed by atoms with E-state index < -0.39 is 5.82 Å². The minimum Gasteiger partial charge on any atom is -0.337 e. The van der Waals surface area contributed by atoms with Crippen molar-refractivity contribution in [3.63, 3.8) is 0 Å². The van der Waals surface area contributed by atoms with E-state index in [1.807, 2.05) is 0 Å². The minimum atomic E-state index is -0.391. The van der Waals surface area contributed by atoms with E-state index in [1.54, 1.807) is 12.1 Å². The number of urea groups is 1. The van der Waals surface area contributed by atoms with Crippen LogP contribution in [0.4, 0.5) is 14.9 Å². The summed E-state index contributed by atoms with van der Waals surface area (Å²) in [6.07, 6.45) is 0.754. The largest absolute Gasteiger partial charge is 0.337 e. The number of nitrogens with one attached hydrogen (secondary N) is 2. The SMILES string of the molecule is Cc1cccc(-c2ccc(C(CCN)CNC(=O)Nc3cccc(F)c3)cc2)c1. The third kappa shape index (κ3) is 5.90. The number of carbonyl (C=O) groups is 1. The third-order valence-electron chi connectivity index (χ3n) is 4.84. The predicted octanol–water partition coefficient (Wildman–Crippen LogP) is 5.06. The molecule has 1 atom stereocenters. The van der Waals surface area contributed by atoms with Gasteiger partial charge in [-0.15, -0.1) is 0 Å². The summed E-state index contributed by atoms with van der Waals surface area (Å²) in [5, 5.41) is 5.51. The Balaban J connectivity index is 1.63. The molecule has 0 saturated heterocycles. The molecule has 2 amide bonds. The van der Waals surface area contributed by atoms with Crippen molar-refractivity contribution in [1.82, 2.24) is 5.32 Å². The molecule has 4 N–H and O–H groups in total. The monoisotopic (exact) mass is 391 g/mol. The number of rotatable bonds is 7. The number of nitrogens with two attached hydrogens (primary N) is 1. The van der Waals surface area contributed by atoms with E-state index in [2.05, 4.69) is 66.1 Å². The Hall–Kier alpha value is -3.18. The predicted molar refractivity (Wildman–Crippen MR) is 116 cm³/mol. The van der Waals surface area contributed by atoms with Crippen LogP contribution in [0.25, 0.3) is 11.1 Å². The quantitative estimate of drug-likeness (QED) is 0.527. The van der Waals surface area contributed by atoms with Gasteiger partial charge < -0.3 is 16.4 Å². The molecule has 1 unspecified atom stereocenters.